The van der Waals surface area contributed by atoms with E-state index < -0.39 is 11.7 Å². The molecule has 108 valence electrons. The Kier molecular flexibility index (Phi) is 4.19. The Balaban J connectivity index is 2.23. The summed E-state index contributed by atoms with van der Waals surface area (Å²) in [5, 5.41) is 18.0. The van der Waals surface area contributed by atoms with Crippen LogP contribution in [-0.2, 0) is 6.18 Å². The van der Waals surface area contributed by atoms with E-state index in [1.165, 1.54) is 6.07 Å². The maximum absolute atomic E-state index is 12.6. The molecule has 0 aromatic heterocycles. The van der Waals surface area contributed by atoms with Crippen LogP contribution < -0.4 is 4.90 Å². The molecule has 0 radical (unpaired) electrons. The normalized spacial score (nSPS) is 19.1. The van der Waals surface area contributed by atoms with Crippen LogP contribution in [0.15, 0.2) is 18.2 Å². The van der Waals surface area contributed by atoms with E-state index in [2.05, 4.69) is 0 Å². The molecule has 1 aliphatic heterocycles. The number of hydrogen-bond acceptors (Lipinski definition) is 3. The van der Waals surface area contributed by atoms with Crippen molar-refractivity contribution in [2.24, 2.45) is 5.92 Å². The summed E-state index contributed by atoms with van der Waals surface area (Å²) < 4.78 is 37.9. The topological polar surface area (TPSA) is 47.3 Å². The highest BCUT2D eigenvalue weighted by Gasteiger charge is 2.32. The van der Waals surface area contributed by atoms with Crippen LogP contribution in [0.2, 0.25) is 0 Å². The van der Waals surface area contributed by atoms with Crippen LogP contribution in [0, 0.1) is 17.2 Å². The van der Waals surface area contributed by atoms with Crippen molar-refractivity contribution in [3.63, 3.8) is 0 Å². The molecular formula is C14H15F3N2O. The van der Waals surface area contributed by atoms with Crippen LogP contribution in [-0.4, -0.2) is 24.8 Å². The van der Waals surface area contributed by atoms with Crippen molar-refractivity contribution in [1.82, 2.24) is 0 Å². The summed E-state index contributed by atoms with van der Waals surface area (Å²) in [6.45, 7) is 1.47. The van der Waals surface area contributed by atoms with Crippen molar-refractivity contribution in [1.29, 1.82) is 5.26 Å². The van der Waals surface area contributed by atoms with Crippen molar-refractivity contribution in [3.8, 4) is 6.07 Å². The van der Waals surface area contributed by atoms with Gasteiger partial charge in [-0.25, -0.2) is 0 Å². The van der Waals surface area contributed by atoms with Crippen molar-refractivity contribution in [2.45, 2.75) is 19.0 Å². The molecule has 0 bridgehead atoms. The van der Waals surface area contributed by atoms with Gasteiger partial charge in [0.05, 0.1) is 16.8 Å². The fraction of sp³-hybridized carbons (Fsp3) is 0.500. The fourth-order valence-corrected chi connectivity index (χ4v) is 2.55. The lowest BCUT2D eigenvalue weighted by Crippen LogP contribution is -2.21. The minimum Gasteiger partial charge on any atom is -0.396 e. The average Bonchev–Trinajstić information content (AvgIpc) is 2.86. The Bertz CT molecular complexity index is 522. The Labute approximate surface area is 115 Å². The first-order valence-electron chi connectivity index (χ1n) is 6.43. The van der Waals surface area contributed by atoms with E-state index in [-0.39, 0.29) is 12.2 Å². The van der Waals surface area contributed by atoms with E-state index >= 15 is 0 Å². The minimum atomic E-state index is -4.44. The Morgan fingerprint density at radius 3 is 2.75 bits per heavy atom. The van der Waals surface area contributed by atoms with Crippen LogP contribution in [0.1, 0.15) is 24.0 Å². The zero-order chi connectivity index (χ0) is 14.8. The second-order valence-electron chi connectivity index (χ2n) is 4.95. The van der Waals surface area contributed by atoms with E-state index in [4.69, 9.17) is 10.4 Å². The van der Waals surface area contributed by atoms with Gasteiger partial charge in [0.15, 0.2) is 0 Å². The van der Waals surface area contributed by atoms with Gasteiger partial charge in [0.25, 0.3) is 0 Å². The number of hydrogen-bond donors (Lipinski definition) is 1. The molecule has 0 spiro atoms. The summed E-state index contributed by atoms with van der Waals surface area (Å²) in [4.78, 5) is 1.92. The number of halogens is 3. The van der Waals surface area contributed by atoms with Gasteiger partial charge in [-0.2, -0.15) is 18.4 Å². The molecule has 2 rings (SSSR count). The predicted octanol–water partition coefficient (Wildman–Crippen LogP) is 2.79. The predicted molar refractivity (Wildman–Crippen MR) is 68.2 cm³/mol. The van der Waals surface area contributed by atoms with E-state index in [1.54, 1.807) is 0 Å². The molecule has 1 aliphatic rings. The highest BCUT2D eigenvalue weighted by atomic mass is 19.4. The number of nitrogens with zero attached hydrogens (tertiary/aromatic N) is 2. The Morgan fingerprint density at radius 1 is 1.40 bits per heavy atom. The van der Waals surface area contributed by atoms with Gasteiger partial charge in [0, 0.05) is 19.7 Å². The molecular weight excluding hydrogens is 269 g/mol. The number of benzene rings is 1. The largest absolute Gasteiger partial charge is 0.416 e. The summed E-state index contributed by atoms with van der Waals surface area (Å²) in [6.07, 6.45) is -2.87. The van der Waals surface area contributed by atoms with Crippen LogP contribution in [0.25, 0.3) is 0 Å². The molecule has 1 saturated heterocycles. The number of aliphatic hydroxyl groups excluding tert-OH is 1. The van der Waals surface area contributed by atoms with Gasteiger partial charge in [-0.05, 0) is 37.0 Å². The molecule has 1 fully saturated rings. The fourth-order valence-electron chi connectivity index (χ4n) is 2.55. The second kappa shape index (κ2) is 5.71. The summed E-state index contributed by atoms with van der Waals surface area (Å²) >= 11 is 0. The molecule has 1 heterocycles. The lowest BCUT2D eigenvalue weighted by Gasteiger charge is -2.21. The third-order valence-electron chi connectivity index (χ3n) is 3.61. The maximum atomic E-state index is 12.6. The first kappa shape index (κ1) is 14.7. The molecule has 1 aromatic carbocycles. The van der Waals surface area contributed by atoms with Crippen LogP contribution >= 0.6 is 0 Å². The third-order valence-corrected chi connectivity index (χ3v) is 3.61. The quantitative estimate of drug-likeness (QED) is 0.928. The van der Waals surface area contributed by atoms with Gasteiger partial charge >= 0.3 is 6.18 Å². The molecule has 3 nitrogen and oxygen atoms in total. The summed E-state index contributed by atoms with van der Waals surface area (Å²) in [5.41, 5.74) is -0.214. The Hall–Kier alpha value is -1.74. The lowest BCUT2D eigenvalue weighted by molar-refractivity contribution is -0.137. The highest BCUT2D eigenvalue weighted by molar-refractivity contribution is 5.61. The number of alkyl halides is 3. The van der Waals surface area contributed by atoms with E-state index in [0.29, 0.717) is 31.1 Å². The van der Waals surface area contributed by atoms with E-state index in [1.807, 2.05) is 11.0 Å². The van der Waals surface area contributed by atoms with Crippen LogP contribution in [0.3, 0.4) is 0 Å². The van der Waals surface area contributed by atoms with Crippen molar-refractivity contribution in [3.05, 3.63) is 29.3 Å². The second-order valence-corrected chi connectivity index (χ2v) is 4.95. The molecule has 1 unspecified atom stereocenters. The highest BCUT2D eigenvalue weighted by Crippen LogP contribution is 2.34. The Morgan fingerprint density at radius 2 is 2.15 bits per heavy atom. The van der Waals surface area contributed by atoms with Crippen molar-refractivity contribution in [2.75, 3.05) is 24.6 Å². The van der Waals surface area contributed by atoms with E-state index in [0.717, 1.165) is 18.6 Å². The molecule has 0 saturated carbocycles. The van der Waals surface area contributed by atoms with Gasteiger partial charge < -0.3 is 10.0 Å². The van der Waals surface area contributed by atoms with Gasteiger partial charge in [0.2, 0.25) is 0 Å². The molecule has 1 atom stereocenters. The first-order valence-corrected chi connectivity index (χ1v) is 6.43. The SMILES string of the molecule is N#Cc1cc(C(F)(F)F)ccc1N1CCC(CCO)C1. The first-order chi connectivity index (χ1) is 9.45. The number of rotatable bonds is 3. The smallest absolute Gasteiger partial charge is 0.396 e. The number of anilines is 1. The van der Waals surface area contributed by atoms with Gasteiger partial charge in [0.1, 0.15) is 6.07 Å². The zero-order valence-electron chi connectivity index (χ0n) is 10.8. The number of nitriles is 1. The average molecular weight is 284 g/mol. The van der Waals surface area contributed by atoms with Gasteiger partial charge in [-0.3, -0.25) is 0 Å². The molecule has 20 heavy (non-hydrogen) atoms. The molecule has 1 aromatic rings. The summed E-state index contributed by atoms with van der Waals surface area (Å²) in [7, 11) is 0. The maximum Gasteiger partial charge on any atom is 0.416 e. The molecule has 6 heteroatoms. The van der Waals surface area contributed by atoms with Crippen LogP contribution in [0.4, 0.5) is 18.9 Å². The lowest BCUT2D eigenvalue weighted by atomic mass is 10.1. The third kappa shape index (κ3) is 3.05. The van der Waals surface area contributed by atoms with E-state index in [9.17, 15) is 13.2 Å². The van der Waals surface area contributed by atoms with Crippen molar-refractivity contribution >= 4 is 5.69 Å². The molecule has 0 amide bonds. The molecule has 0 aliphatic carbocycles. The van der Waals surface area contributed by atoms with Crippen LogP contribution in [0.5, 0.6) is 0 Å². The zero-order valence-corrected chi connectivity index (χ0v) is 10.8. The van der Waals surface area contributed by atoms with Gasteiger partial charge in [-0.15, -0.1) is 0 Å². The summed E-state index contributed by atoms with van der Waals surface area (Å²) in [5.74, 6) is 0.328. The minimum absolute atomic E-state index is 0.0458. The monoisotopic (exact) mass is 284 g/mol. The summed E-state index contributed by atoms with van der Waals surface area (Å²) in [6, 6.07) is 5.11. The van der Waals surface area contributed by atoms with Crippen molar-refractivity contribution < 1.29 is 18.3 Å². The standard InChI is InChI=1S/C14H15F3N2O/c15-14(16,17)12-1-2-13(11(7-12)8-18)19-5-3-10(9-19)4-6-20/h1-2,7,10,20H,3-6,9H2. The molecule has 1 N–H and O–H groups in total. The number of aliphatic hydroxyl groups is 1. The van der Waals surface area contributed by atoms with Gasteiger partial charge in [-0.1, -0.05) is 0 Å².